The van der Waals surface area contributed by atoms with E-state index in [0.717, 1.165) is 21.3 Å². The van der Waals surface area contributed by atoms with Crippen LogP contribution in [-0.4, -0.2) is 5.96 Å². The second-order valence-corrected chi connectivity index (χ2v) is 5.25. The van der Waals surface area contributed by atoms with Gasteiger partial charge in [-0.1, -0.05) is 40.2 Å². The van der Waals surface area contributed by atoms with Gasteiger partial charge < -0.3 is 15.8 Å². The van der Waals surface area contributed by atoms with Crippen molar-refractivity contribution in [3.8, 4) is 5.75 Å². The second kappa shape index (κ2) is 6.96. The molecule has 4 N–H and O–H groups in total. The van der Waals surface area contributed by atoms with Gasteiger partial charge in [-0.05, 0) is 35.4 Å². The standard InChI is InChI=1S/C15H16BrN3O/c16-13-6-4-11(5-7-13)10-20-14-3-1-2-12(8-14)9-19-15(17)18/h1-8H,9-10H2,(H4,17,18,19). The third-order valence-electron chi connectivity index (χ3n) is 2.70. The highest BCUT2D eigenvalue weighted by Crippen LogP contribution is 2.16. The maximum absolute atomic E-state index is 7.14. The van der Waals surface area contributed by atoms with Gasteiger partial charge in [-0.2, -0.15) is 0 Å². The predicted octanol–water partition coefficient (Wildman–Crippen LogP) is 3.01. The van der Waals surface area contributed by atoms with Crippen LogP contribution in [-0.2, 0) is 13.2 Å². The van der Waals surface area contributed by atoms with Crippen molar-refractivity contribution < 1.29 is 4.74 Å². The van der Waals surface area contributed by atoms with Crippen molar-refractivity contribution in [3.63, 3.8) is 0 Å². The summed E-state index contributed by atoms with van der Waals surface area (Å²) in [5.41, 5.74) is 7.40. The molecule has 0 saturated heterocycles. The summed E-state index contributed by atoms with van der Waals surface area (Å²) in [6.07, 6.45) is 0. The van der Waals surface area contributed by atoms with E-state index in [-0.39, 0.29) is 5.96 Å². The average molecular weight is 334 g/mol. The van der Waals surface area contributed by atoms with Gasteiger partial charge in [0, 0.05) is 11.0 Å². The number of nitrogens with two attached hydrogens (primary N) is 1. The minimum Gasteiger partial charge on any atom is -0.489 e. The Morgan fingerprint density at radius 3 is 2.60 bits per heavy atom. The summed E-state index contributed by atoms with van der Waals surface area (Å²) in [6.45, 7) is 1.04. The third kappa shape index (κ3) is 4.59. The zero-order valence-electron chi connectivity index (χ0n) is 10.9. The Balaban J connectivity index is 1.94. The zero-order chi connectivity index (χ0) is 14.4. The van der Waals surface area contributed by atoms with E-state index in [2.05, 4.69) is 21.2 Å². The average Bonchev–Trinajstić information content (AvgIpc) is 2.45. The van der Waals surface area contributed by atoms with Crippen LogP contribution < -0.4 is 15.8 Å². The van der Waals surface area contributed by atoms with Crippen LogP contribution in [0, 0.1) is 5.41 Å². The molecule has 20 heavy (non-hydrogen) atoms. The molecule has 2 aromatic carbocycles. The van der Waals surface area contributed by atoms with E-state index in [9.17, 15) is 0 Å². The van der Waals surface area contributed by atoms with Gasteiger partial charge >= 0.3 is 0 Å². The van der Waals surface area contributed by atoms with Crippen molar-refractivity contribution in [1.29, 1.82) is 5.41 Å². The van der Waals surface area contributed by atoms with Gasteiger partial charge in [-0.15, -0.1) is 0 Å². The van der Waals surface area contributed by atoms with Crippen LogP contribution in [0.25, 0.3) is 0 Å². The molecule has 0 fully saturated rings. The topological polar surface area (TPSA) is 71.1 Å². The first-order valence-corrected chi connectivity index (χ1v) is 6.97. The van der Waals surface area contributed by atoms with E-state index < -0.39 is 0 Å². The number of nitrogens with one attached hydrogen (secondary N) is 2. The summed E-state index contributed by atoms with van der Waals surface area (Å²) in [6, 6.07) is 15.8. The summed E-state index contributed by atoms with van der Waals surface area (Å²) in [5.74, 6) is 0.766. The summed E-state index contributed by atoms with van der Waals surface area (Å²) >= 11 is 3.40. The fraction of sp³-hybridized carbons (Fsp3) is 0.133. The molecule has 2 aromatic rings. The van der Waals surface area contributed by atoms with Gasteiger partial charge in [0.25, 0.3) is 0 Å². The molecule has 0 aliphatic rings. The summed E-state index contributed by atoms with van der Waals surface area (Å²) in [7, 11) is 0. The van der Waals surface area contributed by atoms with Gasteiger partial charge in [0.05, 0.1) is 0 Å². The highest BCUT2D eigenvalue weighted by atomic mass is 79.9. The lowest BCUT2D eigenvalue weighted by molar-refractivity contribution is 0.306. The molecule has 0 aromatic heterocycles. The molecule has 0 radical (unpaired) electrons. The number of hydrogen-bond donors (Lipinski definition) is 3. The van der Waals surface area contributed by atoms with Crippen LogP contribution >= 0.6 is 15.9 Å². The Kier molecular flexibility index (Phi) is 5.01. The first kappa shape index (κ1) is 14.4. The van der Waals surface area contributed by atoms with Crippen LogP contribution in [0.3, 0.4) is 0 Å². The lowest BCUT2D eigenvalue weighted by Gasteiger charge is -2.09. The van der Waals surface area contributed by atoms with E-state index in [1.807, 2.05) is 48.5 Å². The number of halogens is 1. The number of hydrogen-bond acceptors (Lipinski definition) is 2. The van der Waals surface area contributed by atoms with E-state index in [0.29, 0.717) is 13.2 Å². The molecule has 0 spiro atoms. The Bertz CT molecular complexity index is 584. The van der Waals surface area contributed by atoms with E-state index in [4.69, 9.17) is 15.9 Å². The SMILES string of the molecule is N=C(N)NCc1cccc(OCc2ccc(Br)cc2)c1. The minimum atomic E-state index is -0.0359. The molecule has 0 bridgehead atoms. The zero-order valence-corrected chi connectivity index (χ0v) is 12.5. The van der Waals surface area contributed by atoms with Crippen molar-refractivity contribution >= 4 is 21.9 Å². The summed E-state index contributed by atoms with van der Waals surface area (Å²) in [5, 5.41) is 9.91. The fourth-order valence-electron chi connectivity index (χ4n) is 1.69. The molecule has 0 heterocycles. The molecule has 2 rings (SSSR count). The van der Waals surface area contributed by atoms with Crippen molar-refractivity contribution in [2.45, 2.75) is 13.2 Å². The molecule has 104 valence electrons. The summed E-state index contributed by atoms with van der Waals surface area (Å²) < 4.78 is 6.81. The Morgan fingerprint density at radius 1 is 1.15 bits per heavy atom. The van der Waals surface area contributed by atoms with Crippen molar-refractivity contribution in [1.82, 2.24) is 5.32 Å². The van der Waals surface area contributed by atoms with Crippen LogP contribution in [0.2, 0.25) is 0 Å². The van der Waals surface area contributed by atoms with E-state index in [1.165, 1.54) is 0 Å². The van der Waals surface area contributed by atoms with Crippen LogP contribution in [0.5, 0.6) is 5.75 Å². The molecular formula is C15H16BrN3O. The molecule has 0 aliphatic heterocycles. The maximum atomic E-state index is 7.14. The molecular weight excluding hydrogens is 318 g/mol. The fourth-order valence-corrected chi connectivity index (χ4v) is 1.95. The van der Waals surface area contributed by atoms with Gasteiger partial charge in [0.15, 0.2) is 5.96 Å². The van der Waals surface area contributed by atoms with Gasteiger partial charge in [-0.3, -0.25) is 5.41 Å². The van der Waals surface area contributed by atoms with Crippen molar-refractivity contribution in [2.24, 2.45) is 5.73 Å². The Hall–Kier alpha value is -2.01. The van der Waals surface area contributed by atoms with Gasteiger partial charge in [0.1, 0.15) is 12.4 Å². The van der Waals surface area contributed by atoms with Crippen LogP contribution in [0.15, 0.2) is 53.0 Å². The van der Waals surface area contributed by atoms with Gasteiger partial charge in [0.2, 0.25) is 0 Å². The van der Waals surface area contributed by atoms with E-state index >= 15 is 0 Å². The van der Waals surface area contributed by atoms with Crippen LogP contribution in [0.1, 0.15) is 11.1 Å². The number of ether oxygens (including phenoxy) is 1. The highest BCUT2D eigenvalue weighted by molar-refractivity contribution is 9.10. The highest BCUT2D eigenvalue weighted by Gasteiger charge is 1.99. The smallest absolute Gasteiger partial charge is 0.185 e. The Labute approximate surface area is 126 Å². The molecule has 0 atom stereocenters. The number of benzene rings is 2. The quantitative estimate of drug-likeness (QED) is 0.581. The van der Waals surface area contributed by atoms with Gasteiger partial charge in [-0.25, -0.2) is 0 Å². The largest absolute Gasteiger partial charge is 0.489 e. The van der Waals surface area contributed by atoms with E-state index in [1.54, 1.807) is 0 Å². The molecule has 0 unspecified atom stereocenters. The molecule has 0 saturated carbocycles. The molecule has 5 heteroatoms. The number of guanidine groups is 1. The predicted molar refractivity (Wildman–Crippen MR) is 83.7 cm³/mol. The van der Waals surface area contributed by atoms with Crippen molar-refractivity contribution in [3.05, 3.63) is 64.1 Å². The first-order valence-electron chi connectivity index (χ1n) is 6.17. The van der Waals surface area contributed by atoms with Crippen molar-refractivity contribution in [2.75, 3.05) is 0 Å². The second-order valence-electron chi connectivity index (χ2n) is 4.33. The lowest BCUT2D eigenvalue weighted by atomic mass is 10.2. The Morgan fingerprint density at radius 2 is 1.90 bits per heavy atom. The molecule has 0 amide bonds. The number of rotatable bonds is 5. The molecule has 4 nitrogen and oxygen atoms in total. The lowest BCUT2D eigenvalue weighted by Crippen LogP contribution is -2.29. The normalized spacial score (nSPS) is 10.1. The monoisotopic (exact) mass is 333 g/mol. The minimum absolute atomic E-state index is 0.0359. The molecule has 0 aliphatic carbocycles. The van der Waals surface area contributed by atoms with Crippen LogP contribution in [0.4, 0.5) is 0 Å². The summed E-state index contributed by atoms with van der Waals surface area (Å²) in [4.78, 5) is 0. The first-order chi connectivity index (χ1) is 9.63. The third-order valence-corrected chi connectivity index (χ3v) is 3.23. The maximum Gasteiger partial charge on any atom is 0.185 e.